The number of ether oxygens (including phenoxy) is 1. The zero-order valence-electron chi connectivity index (χ0n) is 12.4. The van der Waals surface area contributed by atoms with Crippen molar-refractivity contribution in [3.63, 3.8) is 0 Å². The molecule has 1 unspecified atom stereocenters. The second-order valence-electron chi connectivity index (χ2n) is 5.80. The van der Waals surface area contributed by atoms with E-state index in [1.54, 1.807) is 12.0 Å². The highest BCUT2D eigenvalue weighted by Gasteiger charge is 2.41. The van der Waals surface area contributed by atoms with Gasteiger partial charge in [0, 0.05) is 13.0 Å². The standard InChI is InChI=1S/C16H20N2O3/c1-10-3-6-13(21-2)12(9-10)18-8-7-14(19)17-15(16(18)20)11-4-5-11/h3,6,9,11,15H,4-5,7-8H2,1-2H3,(H,17,19). The lowest BCUT2D eigenvalue weighted by atomic mass is 10.1. The summed E-state index contributed by atoms with van der Waals surface area (Å²) in [5.41, 5.74) is 1.81. The van der Waals surface area contributed by atoms with Crippen molar-refractivity contribution in [2.75, 3.05) is 18.6 Å². The van der Waals surface area contributed by atoms with Crippen LogP contribution in [-0.4, -0.2) is 31.5 Å². The van der Waals surface area contributed by atoms with E-state index in [9.17, 15) is 9.59 Å². The van der Waals surface area contributed by atoms with Gasteiger partial charge in [0.15, 0.2) is 0 Å². The van der Waals surface area contributed by atoms with Crippen LogP contribution >= 0.6 is 0 Å². The molecule has 1 heterocycles. The lowest BCUT2D eigenvalue weighted by molar-refractivity contribution is -0.126. The molecule has 2 aliphatic rings. The van der Waals surface area contributed by atoms with Crippen LogP contribution in [0.1, 0.15) is 24.8 Å². The van der Waals surface area contributed by atoms with Crippen LogP contribution in [0.25, 0.3) is 0 Å². The molecule has 1 aromatic rings. The van der Waals surface area contributed by atoms with Crippen LogP contribution in [0.3, 0.4) is 0 Å². The number of amides is 2. The molecule has 0 spiro atoms. The number of benzene rings is 1. The molecule has 1 aliphatic heterocycles. The number of anilines is 1. The van der Waals surface area contributed by atoms with Crippen molar-refractivity contribution in [1.29, 1.82) is 0 Å². The number of aryl methyl sites for hydroxylation is 1. The Kier molecular flexibility index (Phi) is 3.57. The van der Waals surface area contributed by atoms with Crippen LogP contribution in [-0.2, 0) is 9.59 Å². The summed E-state index contributed by atoms with van der Waals surface area (Å²) in [6.07, 6.45) is 2.34. The van der Waals surface area contributed by atoms with Crippen molar-refractivity contribution < 1.29 is 14.3 Å². The molecule has 2 amide bonds. The van der Waals surface area contributed by atoms with Crippen LogP contribution in [0.5, 0.6) is 5.75 Å². The molecule has 21 heavy (non-hydrogen) atoms. The van der Waals surface area contributed by atoms with Crippen molar-refractivity contribution in [3.05, 3.63) is 23.8 Å². The van der Waals surface area contributed by atoms with Gasteiger partial charge in [0.1, 0.15) is 11.8 Å². The maximum Gasteiger partial charge on any atom is 0.249 e. The maximum atomic E-state index is 12.8. The van der Waals surface area contributed by atoms with Crippen LogP contribution in [0, 0.1) is 12.8 Å². The van der Waals surface area contributed by atoms with Gasteiger partial charge in [0.05, 0.1) is 12.8 Å². The first kappa shape index (κ1) is 13.9. The first-order chi connectivity index (χ1) is 10.1. The molecule has 1 atom stereocenters. The molecule has 0 aromatic heterocycles. The van der Waals surface area contributed by atoms with Gasteiger partial charge in [-0.05, 0) is 43.4 Å². The molecular formula is C16H20N2O3. The Bertz CT molecular complexity index is 581. The van der Waals surface area contributed by atoms with E-state index in [-0.39, 0.29) is 23.8 Å². The third-order valence-electron chi connectivity index (χ3n) is 4.13. The molecular weight excluding hydrogens is 268 g/mol. The van der Waals surface area contributed by atoms with E-state index in [0.29, 0.717) is 18.7 Å². The minimum Gasteiger partial charge on any atom is -0.495 e. The largest absolute Gasteiger partial charge is 0.495 e. The number of carbonyl (C=O) groups is 2. The molecule has 2 fully saturated rings. The van der Waals surface area contributed by atoms with E-state index in [1.165, 1.54) is 0 Å². The minimum absolute atomic E-state index is 0.0211. The third-order valence-corrected chi connectivity index (χ3v) is 4.13. The van der Waals surface area contributed by atoms with Gasteiger partial charge in [-0.25, -0.2) is 0 Å². The Morgan fingerprint density at radius 1 is 1.29 bits per heavy atom. The smallest absolute Gasteiger partial charge is 0.249 e. The lowest BCUT2D eigenvalue weighted by Crippen LogP contribution is -2.46. The highest BCUT2D eigenvalue weighted by atomic mass is 16.5. The number of carbonyl (C=O) groups excluding carboxylic acids is 2. The maximum absolute atomic E-state index is 12.8. The van der Waals surface area contributed by atoms with Gasteiger partial charge in [-0.2, -0.15) is 0 Å². The number of rotatable bonds is 3. The topological polar surface area (TPSA) is 58.6 Å². The SMILES string of the molecule is COc1ccc(C)cc1N1CCC(=O)NC(C2CC2)C1=O. The highest BCUT2D eigenvalue weighted by molar-refractivity contribution is 6.02. The fraction of sp³-hybridized carbons (Fsp3) is 0.500. The van der Waals surface area contributed by atoms with Gasteiger partial charge in [-0.15, -0.1) is 0 Å². The number of methoxy groups -OCH3 is 1. The van der Waals surface area contributed by atoms with Gasteiger partial charge in [0.2, 0.25) is 11.8 Å². The first-order valence-corrected chi connectivity index (χ1v) is 7.35. The molecule has 1 saturated carbocycles. The average molecular weight is 288 g/mol. The van der Waals surface area contributed by atoms with E-state index >= 15 is 0 Å². The summed E-state index contributed by atoms with van der Waals surface area (Å²) in [6, 6.07) is 5.37. The quantitative estimate of drug-likeness (QED) is 0.919. The summed E-state index contributed by atoms with van der Waals surface area (Å²) in [7, 11) is 1.60. The molecule has 5 nitrogen and oxygen atoms in total. The number of hydrogen-bond donors (Lipinski definition) is 1. The zero-order chi connectivity index (χ0) is 15.0. The van der Waals surface area contributed by atoms with Crippen molar-refractivity contribution in [3.8, 4) is 5.75 Å². The Labute approximate surface area is 124 Å². The monoisotopic (exact) mass is 288 g/mol. The second-order valence-corrected chi connectivity index (χ2v) is 5.80. The molecule has 3 rings (SSSR count). The Morgan fingerprint density at radius 3 is 2.71 bits per heavy atom. The van der Waals surface area contributed by atoms with Crippen molar-refractivity contribution in [2.24, 2.45) is 5.92 Å². The van der Waals surface area contributed by atoms with Crippen molar-refractivity contribution in [1.82, 2.24) is 5.32 Å². The highest BCUT2D eigenvalue weighted by Crippen LogP contribution is 2.37. The van der Waals surface area contributed by atoms with Crippen LogP contribution < -0.4 is 15.0 Å². The Hall–Kier alpha value is -2.04. The summed E-state index contributed by atoms with van der Waals surface area (Å²) in [5.74, 6) is 0.886. The van der Waals surface area contributed by atoms with Crippen LogP contribution in [0.4, 0.5) is 5.69 Å². The zero-order valence-corrected chi connectivity index (χ0v) is 12.4. The number of nitrogens with one attached hydrogen (secondary N) is 1. The molecule has 1 aliphatic carbocycles. The van der Waals surface area contributed by atoms with E-state index < -0.39 is 0 Å². The molecule has 5 heteroatoms. The van der Waals surface area contributed by atoms with Crippen LogP contribution in [0.2, 0.25) is 0 Å². The number of hydrogen-bond acceptors (Lipinski definition) is 3. The normalized spacial score (nSPS) is 22.8. The Morgan fingerprint density at radius 2 is 2.05 bits per heavy atom. The third kappa shape index (κ3) is 2.73. The van der Waals surface area contributed by atoms with Gasteiger partial charge >= 0.3 is 0 Å². The average Bonchev–Trinajstić information content (AvgIpc) is 3.29. The molecule has 0 radical (unpaired) electrons. The summed E-state index contributed by atoms with van der Waals surface area (Å²) in [5, 5.41) is 2.87. The second kappa shape index (κ2) is 5.39. The lowest BCUT2D eigenvalue weighted by Gasteiger charge is -2.26. The van der Waals surface area contributed by atoms with E-state index in [2.05, 4.69) is 5.32 Å². The predicted octanol–water partition coefficient (Wildman–Crippen LogP) is 1.64. The summed E-state index contributed by atoms with van der Waals surface area (Å²) in [4.78, 5) is 26.4. The van der Waals surface area contributed by atoms with Gasteiger partial charge in [-0.3, -0.25) is 9.59 Å². The molecule has 1 aromatic carbocycles. The van der Waals surface area contributed by atoms with E-state index in [1.807, 2.05) is 25.1 Å². The predicted molar refractivity (Wildman–Crippen MR) is 79.4 cm³/mol. The fourth-order valence-corrected chi connectivity index (χ4v) is 2.80. The van der Waals surface area contributed by atoms with Crippen molar-refractivity contribution in [2.45, 2.75) is 32.2 Å². The van der Waals surface area contributed by atoms with Crippen molar-refractivity contribution >= 4 is 17.5 Å². The molecule has 1 saturated heterocycles. The summed E-state index contributed by atoms with van der Waals surface area (Å²) >= 11 is 0. The molecule has 0 bridgehead atoms. The van der Waals surface area contributed by atoms with E-state index in [4.69, 9.17) is 4.74 Å². The molecule has 1 N–H and O–H groups in total. The first-order valence-electron chi connectivity index (χ1n) is 7.35. The van der Waals surface area contributed by atoms with Gasteiger partial charge < -0.3 is 15.0 Å². The fourth-order valence-electron chi connectivity index (χ4n) is 2.80. The minimum atomic E-state index is -0.384. The summed E-state index contributed by atoms with van der Waals surface area (Å²) in [6.45, 7) is 2.38. The number of nitrogens with zero attached hydrogens (tertiary/aromatic N) is 1. The molecule has 112 valence electrons. The Balaban J connectivity index is 1.97. The summed E-state index contributed by atoms with van der Waals surface area (Å²) < 4.78 is 5.38. The van der Waals surface area contributed by atoms with E-state index in [0.717, 1.165) is 24.1 Å². The van der Waals surface area contributed by atoms with Gasteiger partial charge in [0.25, 0.3) is 0 Å². The van der Waals surface area contributed by atoms with Crippen LogP contribution in [0.15, 0.2) is 18.2 Å². The van der Waals surface area contributed by atoms with Gasteiger partial charge in [-0.1, -0.05) is 6.07 Å².